The van der Waals surface area contributed by atoms with Crippen LogP contribution in [0.3, 0.4) is 0 Å². The van der Waals surface area contributed by atoms with Gasteiger partial charge in [-0.1, -0.05) is 6.07 Å². The molecule has 3 rings (SSSR count). The number of pyridine rings is 1. The van der Waals surface area contributed by atoms with Crippen LogP contribution in [0.5, 0.6) is 5.75 Å². The maximum absolute atomic E-state index is 12.0. The number of nitrogens with zero attached hydrogens (tertiary/aromatic N) is 2. The van der Waals surface area contributed by atoms with Crippen molar-refractivity contribution in [3.8, 4) is 11.8 Å². The highest BCUT2D eigenvalue weighted by atomic mass is 16.5. The maximum atomic E-state index is 12.0. The summed E-state index contributed by atoms with van der Waals surface area (Å²) in [5.74, 6) is 1.36. The summed E-state index contributed by atoms with van der Waals surface area (Å²) in [6.45, 7) is 1.83. The normalized spacial score (nSPS) is 12.8. The van der Waals surface area contributed by atoms with Crippen molar-refractivity contribution in [3.63, 3.8) is 0 Å². The Hall–Kier alpha value is -2.54. The fourth-order valence-electron chi connectivity index (χ4n) is 2.04. The van der Waals surface area contributed by atoms with Crippen molar-refractivity contribution < 1.29 is 4.74 Å². The van der Waals surface area contributed by atoms with E-state index in [1.807, 2.05) is 13.0 Å². The molecule has 17 heavy (non-hydrogen) atoms. The van der Waals surface area contributed by atoms with Gasteiger partial charge >= 0.3 is 0 Å². The Bertz CT molecular complexity index is 763. The zero-order valence-electron chi connectivity index (χ0n) is 9.10. The molecule has 82 valence electrons. The van der Waals surface area contributed by atoms with Gasteiger partial charge in [-0.15, -0.1) is 0 Å². The van der Waals surface area contributed by atoms with E-state index in [0.717, 1.165) is 5.76 Å². The van der Waals surface area contributed by atoms with Crippen LogP contribution in [0.1, 0.15) is 12.5 Å². The second-order valence-corrected chi connectivity index (χ2v) is 3.89. The topological polar surface area (TPSA) is 55.0 Å². The van der Waals surface area contributed by atoms with Crippen LogP contribution in [0.25, 0.3) is 17.1 Å². The molecule has 0 radical (unpaired) electrons. The summed E-state index contributed by atoms with van der Waals surface area (Å²) in [7, 11) is 0. The lowest BCUT2D eigenvalue weighted by molar-refractivity contribution is 0.428. The predicted octanol–water partition coefficient (Wildman–Crippen LogP) is 2.08. The van der Waals surface area contributed by atoms with Crippen LogP contribution >= 0.6 is 0 Å². The first kappa shape index (κ1) is 9.67. The highest BCUT2D eigenvalue weighted by Crippen LogP contribution is 2.29. The van der Waals surface area contributed by atoms with E-state index in [4.69, 9.17) is 10.00 Å². The molecule has 0 atom stereocenters. The third kappa shape index (κ3) is 1.26. The summed E-state index contributed by atoms with van der Waals surface area (Å²) >= 11 is 0. The minimum atomic E-state index is -0.253. The Morgan fingerprint density at radius 3 is 3.00 bits per heavy atom. The zero-order valence-corrected chi connectivity index (χ0v) is 9.10. The smallest absolute Gasteiger partial charge is 0.207 e. The van der Waals surface area contributed by atoms with Crippen molar-refractivity contribution in [3.05, 3.63) is 45.9 Å². The second-order valence-electron chi connectivity index (χ2n) is 3.89. The molecule has 0 aliphatic carbocycles. The lowest BCUT2D eigenvalue weighted by Gasteiger charge is -2.18. The number of hydrogen-bond donors (Lipinski definition) is 0. The number of para-hydroxylation sites is 1. The average Bonchev–Trinajstić information content (AvgIpc) is 2.33. The molecule has 4 nitrogen and oxygen atoms in total. The van der Waals surface area contributed by atoms with E-state index >= 15 is 0 Å². The Morgan fingerprint density at radius 2 is 2.24 bits per heavy atom. The Balaban J connectivity index is 2.58. The number of benzene rings is 1. The van der Waals surface area contributed by atoms with Crippen LogP contribution < -0.4 is 10.2 Å². The molecular formula is C13H8N2O2. The van der Waals surface area contributed by atoms with Gasteiger partial charge in [-0.3, -0.25) is 4.79 Å². The zero-order chi connectivity index (χ0) is 12.0. The third-order valence-corrected chi connectivity index (χ3v) is 2.73. The van der Waals surface area contributed by atoms with Gasteiger partial charge in [-0.2, -0.15) is 5.26 Å². The Kier molecular flexibility index (Phi) is 1.83. The van der Waals surface area contributed by atoms with Crippen molar-refractivity contribution in [1.82, 2.24) is 4.57 Å². The van der Waals surface area contributed by atoms with Crippen molar-refractivity contribution in [1.29, 1.82) is 5.26 Å². The first-order valence-corrected chi connectivity index (χ1v) is 5.15. The van der Waals surface area contributed by atoms with E-state index in [1.165, 1.54) is 0 Å². The fourth-order valence-corrected chi connectivity index (χ4v) is 2.04. The van der Waals surface area contributed by atoms with Crippen molar-refractivity contribution in [2.45, 2.75) is 6.92 Å². The minimum Gasteiger partial charge on any atom is -0.458 e. The molecule has 0 spiro atoms. The van der Waals surface area contributed by atoms with Gasteiger partial charge in [0, 0.05) is 12.4 Å². The summed E-state index contributed by atoms with van der Waals surface area (Å²) in [6, 6.07) is 7.18. The molecule has 1 aliphatic rings. The molecule has 0 saturated carbocycles. The molecule has 2 aromatic rings. The molecule has 1 aliphatic heterocycles. The van der Waals surface area contributed by atoms with Crippen LogP contribution in [0.2, 0.25) is 0 Å². The summed E-state index contributed by atoms with van der Waals surface area (Å²) < 4.78 is 7.32. The van der Waals surface area contributed by atoms with Crippen LogP contribution in [0, 0.1) is 11.3 Å². The number of rotatable bonds is 0. The molecule has 2 heterocycles. The lowest BCUT2D eigenvalue weighted by atomic mass is 10.1. The summed E-state index contributed by atoms with van der Waals surface area (Å²) in [5.41, 5.74) is 0.597. The molecule has 0 bridgehead atoms. The van der Waals surface area contributed by atoms with Crippen molar-refractivity contribution in [2.75, 3.05) is 0 Å². The van der Waals surface area contributed by atoms with Crippen molar-refractivity contribution in [2.24, 2.45) is 0 Å². The number of ether oxygens (including phenoxy) is 1. The van der Waals surface area contributed by atoms with Gasteiger partial charge in [-0.25, -0.2) is 0 Å². The number of allylic oxidation sites excluding steroid dienone is 1. The van der Waals surface area contributed by atoms with Gasteiger partial charge in [0.1, 0.15) is 17.4 Å². The van der Waals surface area contributed by atoms with E-state index in [2.05, 4.69) is 0 Å². The molecule has 1 aromatic heterocycles. The van der Waals surface area contributed by atoms with Gasteiger partial charge in [0.05, 0.1) is 10.9 Å². The predicted molar refractivity (Wildman–Crippen MR) is 63.5 cm³/mol. The summed E-state index contributed by atoms with van der Waals surface area (Å²) in [5, 5.41) is 9.44. The van der Waals surface area contributed by atoms with E-state index < -0.39 is 0 Å². The largest absolute Gasteiger partial charge is 0.458 e. The monoisotopic (exact) mass is 224 g/mol. The fraction of sp³-hybridized carbons (Fsp3) is 0.0769. The number of aromatic nitrogens is 1. The van der Waals surface area contributed by atoms with Crippen LogP contribution in [0.4, 0.5) is 0 Å². The summed E-state index contributed by atoms with van der Waals surface area (Å²) in [6.07, 6.45) is 3.30. The lowest BCUT2D eigenvalue weighted by Crippen LogP contribution is -2.14. The van der Waals surface area contributed by atoms with Crippen LogP contribution in [-0.2, 0) is 0 Å². The highest BCUT2D eigenvalue weighted by Gasteiger charge is 2.15. The molecule has 0 unspecified atom stereocenters. The van der Waals surface area contributed by atoms with Crippen LogP contribution in [0.15, 0.2) is 34.9 Å². The van der Waals surface area contributed by atoms with E-state index in [1.54, 1.807) is 35.2 Å². The third-order valence-electron chi connectivity index (χ3n) is 2.73. The maximum Gasteiger partial charge on any atom is 0.207 e. The minimum absolute atomic E-state index is 0.139. The van der Waals surface area contributed by atoms with Gasteiger partial charge in [-0.05, 0) is 19.1 Å². The standard InChI is InChI=1S/C13H8N2O2/c1-8-6-15-7-9(5-14)13(16)10-3-2-4-11(17-8)12(10)15/h2-4,6-7H,1H3. The Morgan fingerprint density at radius 1 is 1.41 bits per heavy atom. The van der Waals surface area contributed by atoms with Gasteiger partial charge < -0.3 is 9.30 Å². The van der Waals surface area contributed by atoms with Gasteiger partial charge in [0.2, 0.25) is 5.43 Å². The molecular weight excluding hydrogens is 216 g/mol. The summed E-state index contributed by atoms with van der Waals surface area (Å²) in [4.78, 5) is 12.0. The molecule has 0 amide bonds. The molecule has 1 aromatic carbocycles. The SMILES string of the molecule is CC1=Cn2cc(C#N)c(=O)c3cccc(c32)O1. The van der Waals surface area contributed by atoms with Crippen molar-refractivity contribution >= 4 is 17.1 Å². The van der Waals surface area contributed by atoms with Gasteiger partial charge in [0.25, 0.3) is 0 Å². The van der Waals surface area contributed by atoms with E-state index in [-0.39, 0.29) is 11.0 Å². The molecule has 4 heteroatoms. The number of nitriles is 1. The molecule has 0 fully saturated rings. The number of hydrogen-bond acceptors (Lipinski definition) is 3. The van der Waals surface area contributed by atoms with Gasteiger partial charge in [0.15, 0.2) is 5.75 Å². The highest BCUT2D eigenvalue weighted by molar-refractivity contribution is 5.88. The van der Waals surface area contributed by atoms with E-state index in [0.29, 0.717) is 16.7 Å². The van der Waals surface area contributed by atoms with E-state index in [9.17, 15) is 4.79 Å². The molecule has 0 N–H and O–H groups in total. The molecule has 0 saturated heterocycles. The first-order chi connectivity index (χ1) is 8.20. The first-order valence-electron chi connectivity index (χ1n) is 5.15. The quantitative estimate of drug-likeness (QED) is 0.688. The average molecular weight is 224 g/mol. The Labute approximate surface area is 97.0 Å². The second kappa shape index (κ2) is 3.22. The van der Waals surface area contributed by atoms with Crippen LogP contribution in [-0.4, -0.2) is 4.57 Å².